The van der Waals surface area contributed by atoms with Crippen molar-refractivity contribution in [3.8, 4) is 0 Å². The van der Waals surface area contributed by atoms with Crippen molar-refractivity contribution < 1.29 is 22.8 Å². The Morgan fingerprint density at radius 1 is 1.00 bits per heavy atom. The summed E-state index contributed by atoms with van der Waals surface area (Å²) in [5.74, 6) is -0.167. The third kappa shape index (κ3) is 5.53. The number of morpholine rings is 1. The molecule has 0 radical (unpaired) electrons. The lowest BCUT2D eigenvalue weighted by Gasteiger charge is -2.23. The van der Waals surface area contributed by atoms with Crippen LogP contribution in [0, 0.1) is 0 Å². The van der Waals surface area contributed by atoms with Crippen molar-refractivity contribution >= 4 is 21.6 Å². The Morgan fingerprint density at radius 2 is 1.67 bits per heavy atom. The number of rotatable bonds is 7. The van der Waals surface area contributed by atoms with Crippen LogP contribution in [-0.4, -0.2) is 53.7 Å². The van der Waals surface area contributed by atoms with Gasteiger partial charge in [-0.05, 0) is 36.4 Å². The Morgan fingerprint density at radius 3 is 2.33 bits per heavy atom. The Labute approximate surface area is 159 Å². The summed E-state index contributed by atoms with van der Waals surface area (Å²) in [5, 5.41) is 2.90. The number of carbonyl (C=O) groups excluding carboxylic acids is 1. The number of benzene rings is 2. The van der Waals surface area contributed by atoms with Gasteiger partial charge in [-0.25, -0.2) is 8.42 Å². The van der Waals surface area contributed by atoms with Crippen LogP contribution in [0.3, 0.4) is 0 Å². The maximum absolute atomic E-state index is 12.3. The molecule has 8 heteroatoms. The van der Waals surface area contributed by atoms with E-state index in [0.717, 1.165) is 32.8 Å². The van der Waals surface area contributed by atoms with Crippen LogP contribution in [0.4, 0.5) is 5.69 Å². The van der Waals surface area contributed by atoms with Gasteiger partial charge in [-0.3, -0.25) is 9.52 Å². The minimum absolute atomic E-state index is 0.167. The average molecular weight is 390 g/mol. The molecule has 1 aliphatic rings. The molecule has 0 bridgehead atoms. The van der Waals surface area contributed by atoms with E-state index in [0.29, 0.717) is 17.8 Å². The van der Waals surface area contributed by atoms with Crippen LogP contribution >= 0.6 is 0 Å². The van der Waals surface area contributed by atoms with Gasteiger partial charge in [0.2, 0.25) is 0 Å². The van der Waals surface area contributed by atoms with Gasteiger partial charge in [-0.1, -0.05) is 18.2 Å². The van der Waals surface area contributed by atoms with E-state index in [4.69, 9.17) is 4.74 Å². The van der Waals surface area contributed by atoms with Gasteiger partial charge in [0.1, 0.15) is 13.1 Å². The zero-order valence-electron chi connectivity index (χ0n) is 15.0. The number of hydrogen-bond acceptors (Lipinski definition) is 4. The molecule has 0 saturated carbocycles. The molecular formula is C19H24N3O4S+. The molecule has 144 valence electrons. The van der Waals surface area contributed by atoms with Crippen LogP contribution < -0.4 is 14.9 Å². The fourth-order valence-electron chi connectivity index (χ4n) is 2.87. The van der Waals surface area contributed by atoms with Gasteiger partial charge in [0.25, 0.3) is 15.9 Å². The van der Waals surface area contributed by atoms with Gasteiger partial charge < -0.3 is 15.0 Å². The number of hydrogen-bond donors (Lipinski definition) is 3. The second-order valence-electron chi connectivity index (χ2n) is 6.36. The summed E-state index contributed by atoms with van der Waals surface area (Å²) < 4.78 is 32.4. The third-order valence-electron chi connectivity index (χ3n) is 4.42. The predicted molar refractivity (Wildman–Crippen MR) is 102 cm³/mol. The normalized spacial score (nSPS) is 15.3. The van der Waals surface area contributed by atoms with Crippen LogP contribution in [-0.2, 0) is 14.8 Å². The van der Waals surface area contributed by atoms with Gasteiger partial charge in [0.05, 0.1) is 31.2 Å². The molecule has 0 unspecified atom stereocenters. The number of carbonyl (C=O) groups is 1. The van der Waals surface area contributed by atoms with Gasteiger partial charge in [0, 0.05) is 11.3 Å². The molecule has 1 saturated heterocycles. The number of ether oxygens (including phenoxy) is 1. The number of anilines is 1. The van der Waals surface area contributed by atoms with Crippen LogP contribution in [0.1, 0.15) is 10.4 Å². The van der Waals surface area contributed by atoms with Crippen molar-refractivity contribution in [3.63, 3.8) is 0 Å². The van der Waals surface area contributed by atoms with E-state index in [1.807, 2.05) is 0 Å². The Kier molecular flexibility index (Phi) is 6.44. The Hall–Kier alpha value is -2.42. The van der Waals surface area contributed by atoms with Crippen molar-refractivity contribution in [2.24, 2.45) is 0 Å². The zero-order valence-corrected chi connectivity index (χ0v) is 15.8. The quantitative estimate of drug-likeness (QED) is 0.627. The molecule has 0 aliphatic carbocycles. The summed E-state index contributed by atoms with van der Waals surface area (Å²) in [5.41, 5.74) is 0.905. The minimum atomic E-state index is -3.64. The van der Waals surface area contributed by atoms with E-state index in [1.165, 1.54) is 17.0 Å². The summed E-state index contributed by atoms with van der Waals surface area (Å²) >= 11 is 0. The lowest BCUT2D eigenvalue weighted by atomic mass is 10.2. The SMILES string of the molecule is O=C(NCC[NH+]1CCOCC1)c1ccc(NS(=O)(=O)c2ccccc2)cc1. The highest BCUT2D eigenvalue weighted by Gasteiger charge is 2.15. The monoisotopic (exact) mass is 390 g/mol. The maximum Gasteiger partial charge on any atom is 0.261 e. The van der Waals surface area contributed by atoms with E-state index in [1.54, 1.807) is 42.5 Å². The average Bonchev–Trinajstić information content (AvgIpc) is 2.70. The first kappa shape index (κ1) is 19.3. The van der Waals surface area contributed by atoms with E-state index < -0.39 is 10.0 Å². The van der Waals surface area contributed by atoms with Crippen molar-refractivity contribution in [2.45, 2.75) is 4.90 Å². The number of nitrogens with one attached hydrogen (secondary N) is 3. The molecule has 1 heterocycles. The highest BCUT2D eigenvalue weighted by atomic mass is 32.2. The zero-order chi connectivity index (χ0) is 19.1. The minimum Gasteiger partial charge on any atom is -0.370 e. The first-order chi connectivity index (χ1) is 13.0. The van der Waals surface area contributed by atoms with Crippen LogP contribution in [0.25, 0.3) is 0 Å². The van der Waals surface area contributed by atoms with Crippen LogP contribution in [0.2, 0.25) is 0 Å². The molecule has 1 fully saturated rings. The summed E-state index contributed by atoms with van der Waals surface area (Å²) in [6.07, 6.45) is 0. The van der Waals surface area contributed by atoms with E-state index >= 15 is 0 Å². The topological polar surface area (TPSA) is 88.9 Å². The smallest absolute Gasteiger partial charge is 0.261 e. The van der Waals surface area contributed by atoms with Gasteiger partial charge in [-0.15, -0.1) is 0 Å². The standard InChI is InChI=1S/C19H23N3O4S/c23-19(20-10-11-22-12-14-26-15-13-22)16-6-8-17(9-7-16)21-27(24,25)18-4-2-1-3-5-18/h1-9,21H,10-15H2,(H,20,23)/p+1. The van der Waals surface area contributed by atoms with E-state index in [2.05, 4.69) is 10.0 Å². The van der Waals surface area contributed by atoms with Crippen LogP contribution in [0.5, 0.6) is 0 Å². The van der Waals surface area contributed by atoms with E-state index in [-0.39, 0.29) is 10.8 Å². The first-order valence-corrected chi connectivity index (χ1v) is 10.4. The molecular weight excluding hydrogens is 366 g/mol. The largest absolute Gasteiger partial charge is 0.370 e. The second-order valence-corrected chi connectivity index (χ2v) is 8.05. The fourth-order valence-corrected chi connectivity index (χ4v) is 3.95. The van der Waals surface area contributed by atoms with Gasteiger partial charge in [0.15, 0.2) is 0 Å². The highest BCUT2D eigenvalue weighted by Crippen LogP contribution is 2.16. The Balaban J connectivity index is 1.52. The summed E-state index contributed by atoms with van der Waals surface area (Å²) in [6, 6.07) is 14.5. The fraction of sp³-hybridized carbons (Fsp3) is 0.316. The van der Waals surface area contributed by atoms with Crippen LogP contribution in [0.15, 0.2) is 59.5 Å². The second kappa shape index (κ2) is 8.98. The molecule has 3 N–H and O–H groups in total. The molecule has 27 heavy (non-hydrogen) atoms. The van der Waals surface area contributed by atoms with Crippen molar-refractivity contribution in [3.05, 3.63) is 60.2 Å². The number of sulfonamides is 1. The molecule has 0 atom stereocenters. The molecule has 2 aromatic rings. The lowest BCUT2D eigenvalue weighted by molar-refractivity contribution is -0.906. The van der Waals surface area contributed by atoms with Crippen molar-refractivity contribution in [1.82, 2.24) is 5.32 Å². The lowest BCUT2D eigenvalue weighted by Crippen LogP contribution is -3.14. The molecule has 2 aromatic carbocycles. The third-order valence-corrected chi connectivity index (χ3v) is 5.81. The van der Waals surface area contributed by atoms with Gasteiger partial charge >= 0.3 is 0 Å². The number of amides is 1. The summed E-state index contributed by atoms with van der Waals surface area (Å²) in [7, 11) is -3.64. The highest BCUT2D eigenvalue weighted by molar-refractivity contribution is 7.92. The number of quaternary nitrogens is 1. The van der Waals surface area contributed by atoms with Crippen molar-refractivity contribution in [1.29, 1.82) is 0 Å². The van der Waals surface area contributed by atoms with Crippen molar-refractivity contribution in [2.75, 3.05) is 44.1 Å². The Bertz CT molecular complexity index is 848. The predicted octanol–water partition coefficient (Wildman–Crippen LogP) is 0.132. The first-order valence-electron chi connectivity index (χ1n) is 8.92. The molecule has 1 aliphatic heterocycles. The summed E-state index contributed by atoms with van der Waals surface area (Å²) in [4.78, 5) is 13.8. The molecule has 1 amide bonds. The molecule has 0 spiro atoms. The van der Waals surface area contributed by atoms with Gasteiger partial charge in [-0.2, -0.15) is 0 Å². The molecule has 0 aromatic heterocycles. The maximum atomic E-state index is 12.3. The molecule has 7 nitrogen and oxygen atoms in total. The molecule has 3 rings (SSSR count). The van der Waals surface area contributed by atoms with E-state index in [9.17, 15) is 13.2 Å². The summed E-state index contributed by atoms with van der Waals surface area (Å²) in [6.45, 7) is 4.92.